The normalized spacial score (nSPS) is 11.6. The first kappa shape index (κ1) is 17.6. The molecular weight excluding hydrogens is 270 g/mol. The van der Waals surface area contributed by atoms with E-state index in [-0.39, 0.29) is 17.9 Å². The van der Waals surface area contributed by atoms with Crippen molar-refractivity contribution in [3.05, 3.63) is 11.7 Å². The molecule has 0 saturated carbocycles. The number of aryl methyl sites for hydroxylation is 2. The van der Waals surface area contributed by atoms with Crippen LogP contribution in [0.4, 0.5) is 0 Å². The van der Waals surface area contributed by atoms with Gasteiger partial charge in [-0.1, -0.05) is 25.9 Å². The van der Waals surface area contributed by atoms with Gasteiger partial charge in [0.25, 0.3) is 0 Å². The molecule has 0 aliphatic rings. The maximum atomic E-state index is 11.9. The standard InChI is InChI=1S/C15H27N3O3/c1-4-7-12-17-14(21-18-12)9-8-13(20)16-10-15(5-2,6-3)11-19/h19H,4-11H2,1-3H3,(H,16,20). The second kappa shape index (κ2) is 8.77. The fourth-order valence-electron chi connectivity index (χ4n) is 2.09. The number of nitrogens with one attached hydrogen (secondary N) is 1. The molecule has 1 aromatic rings. The number of carbonyl (C=O) groups is 1. The Labute approximate surface area is 126 Å². The van der Waals surface area contributed by atoms with Crippen LogP contribution < -0.4 is 5.32 Å². The zero-order chi connectivity index (χ0) is 15.7. The Kier molecular flexibility index (Phi) is 7.36. The van der Waals surface area contributed by atoms with Crippen molar-refractivity contribution in [2.45, 2.75) is 59.3 Å². The first-order valence-electron chi connectivity index (χ1n) is 7.78. The lowest BCUT2D eigenvalue weighted by molar-refractivity contribution is -0.121. The van der Waals surface area contributed by atoms with Gasteiger partial charge in [0, 0.05) is 31.2 Å². The van der Waals surface area contributed by atoms with Crippen LogP contribution in [0.5, 0.6) is 0 Å². The smallest absolute Gasteiger partial charge is 0.227 e. The average Bonchev–Trinajstić information content (AvgIpc) is 2.95. The summed E-state index contributed by atoms with van der Waals surface area (Å²) >= 11 is 0. The zero-order valence-electron chi connectivity index (χ0n) is 13.3. The van der Waals surface area contributed by atoms with Crippen LogP contribution >= 0.6 is 0 Å². The van der Waals surface area contributed by atoms with Gasteiger partial charge < -0.3 is 14.9 Å². The summed E-state index contributed by atoms with van der Waals surface area (Å²) in [7, 11) is 0. The lowest BCUT2D eigenvalue weighted by Gasteiger charge is -2.29. The zero-order valence-corrected chi connectivity index (χ0v) is 13.3. The van der Waals surface area contributed by atoms with Crippen molar-refractivity contribution in [1.82, 2.24) is 15.5 Å². The van der Waals surface area contributed by atoms with Gasteiger partial charge in [0.2, 0.25) is 11.8 Å². The molecule has 2 N–H and O–H groups in total. The van der Waals surface area contributed by atoms with Gasteiger partial charge in [0.15, 0.2) is 5.82 Å². The summed E-state index contributed by atoms with van der Waals surface area (Å²) in [4.78, 5) is 16.1. The van der Waals surface area contributed by atoms with E-state index in [4.69, 9.17) is 4.52 Å². The van der Waals surface area contributed by atoms with Crippen molar-refractivity contribution in [2.24, 2.45) is 5.41 Å². The molecule has 1 heterocycles. The van der Waals surface area contributed by atoms with Crippen LogP contribution in [-0.2, 0) is 17.6 Å². The highest BCUT2D eigenvalue weighted by Crippen LogP contribution is 2.24. The maximum absolute atomic E-state index is 11.9. The van der Waals surface area contributed by atoms with Crippen LogP contribution in [-0.4, -0.2) is 34.3 Å². The number of carbonyl (C=O) groups excluding carboxylic acids is 1. The predicted molar refractivity (Wildman–Crippen MR) is 79.7 cm³/mol. The number of aliphatic hydroxyl groups is 1. The molecule has 0 aliphatic heterocycles. The van der Waals surface area contributed by atoms with E-state index in [1.54, 1.807) is 0 Å². The molecule has 1 amide bonds. The number of nitrogens with zero attached hydrogens (tertiary/aromatic N) is 2. The molecule has 0 unspecified atom stereocenters. The van der Waals surface area contributed by atoms with Crippen molar-refractivity contribution in [1.29, 1.82) is 0 Å². The van der Waals surface area contributed by atoms with E-state index < -0.39 is 0 Å². The van der Waals surface area contributed by atoms with Crippen LogP contribution in [0.2, 0.25) is 0 Å². The van der Waals surface area contributed by atoms with E-state index in [1.807, 2.05) is 13.8 Å². The number of aromatic nitrogens is 2. The third kappa shape index (κ3) is 5.46. The summed E-state index contributed by atoms with van der Waals surface area (Å²) in [6, 6.07) is 0. The predicted octanol–water partition coefficient (Wildman–Crippen LogP) is 1.87. The molecule has 0 spiro atoms. The summed E-state index contributed by atoms with van der Waals surface area (Å²) in [6.45, 7) is 6.70. The molecule has 0 saturated heterocycles. The van der Waals surface area contributed by atoms with Gasteiger partial charge in [-0.25, -0.2) is 0 Å². The Morgan fingerprint density at radius 3 is 2.57 bits per heavy atom. The van der Waals surface area contributed by atoms with E-state index >= 15 is 0 Å². The summed E-state index contributed by atoms with van der Waals surface area (Å²) < 4.78 is 5.10. The number of rotatable bonds is 10. The van der Waals surface area contributed by atoms with Crippen LogP contribution in [0.25, 0.3) is 0 Å². The first-order valence-corrected chi connectivity index (χ1v) is 7.78. The lowest BCUT2D eigenvalue weighted by atomic mass is 9.83. The number of hydrogen-bond donors (Lipinski definition) is 2. The Hall–Kier alpha value is -1.43. The van der Waals surface area contributed by atoms with Crippen LogP contribution in [0.15, 0.2) is 4.52 Å². The number of aliphatic hydroxyl groups excluding tert-OH is 1. The van der Waals surface area contributed by atoms with Crippen LogP contribution in [0, 0.1) is 5.41 Å². The van der Waals surface area contributed by atoms with Crippen LogP contribution in [0.1, 0.15) is 58.2 Å². The fourth-order valence-corrected chi connectivity index (χ4v) is 2.09. The average molecular weight is 297 g/mol. The van der Waals surface area contributed by atoms with Gasteiger partial charge in [-0.2, -0.15) is 4.98 Å². The molecule has 6 nitrogen and oxygen atoms in total. The largest absolute Gasteiger partial charge is 0.396 e. The Morgan fingerprint density at radius 2 is 2.00 bits per heavy atom. The Morgan fingerprint density at radius 1 is 1.29 bits per heavy atom. The van der Waals surface area contributed by atoms with Crippen molar-refractivity contribution < 1.29 is 14.4 Å². The minimum Gasteiger partial charge on any atom is -0.396 e. The summed E-state index contributed by atoms with van der Waals surface area (Å²) in [6.07, 6.45) is 4.21. The molecule has 21 heavy (non-hydrogen) atoms. The first-order chi connectivity index (χ1) is 10.1. The molecule has 6 heteroatoms. The third-order valence-corrected chi connectivity index (χ3v) is 4.05. The highest BCUT2D eigenvalue weighted by Gasteiger charge is 2.25. The van der Waals surface area contributed by atoms with Gasteiger partial charge in [-0.15, -0.1) is 0 Å². The van der Waals surface area contributed by atoms with Crippen LogP contribution in [0.3, 0.4) is 0 Å². The van der Waals surface area contributed by atoms with E-state index in [0.29, 0.717) is 31.1 Å². The molecule has 0 radical (unpaired) electrons. The van der Waals surface area contributed by atoms with Crippen molar-refractivity contribution >= 4 is 5.91 Å². The molecule has 0 bridgehead atoms. The van der Waals surface area contributed by atoms with E-state index in [2.05, 4.69) is 22.4 Å². The van der Waals surface area contributed by atoms with E-state index in [0.717, 1.165) is 25.7 Å². The molecule has 0 aromatic carbocycles. The maximum Gasteiger partial charge on any atom is 0.227 e. The highest BCUT2D eigenvalue weighted by atomic mass is 16.5. The quantitative estimate of drug-likeness (QED) is 0.688. The van der Waals surface area contributed by atoms with Gasteiger partial charge >= 0.3 is 0 Å². The Balaban J connectivity index is 2.36. The molecule has 1 rings (SSSR count). The molecule has 1 aromatic heterocycles. The summed E-state index contributed by atoms with van der Waals surface area (Å²) in [5.74, 6) is 1.15. The topological polar surface area (TPSA) is 88.2 Å². The molecule has 0 fully saturated rings. The molecule has 0 atom stereocenters. The summed E-state index contributed by atoms with van der Waals surface area (Å²) in [5.41, 5.74) is -0.214. The SMILES string of the molecule is CCCc1noc(CCC(=O)NCC(CC)(CC)CO)n1. The van der Waals surface area contributed by atoms with Crippen molar-refractivity contribution in [3.63, 3.8) is 0 Å². The molecular formula is C15H27N3O3. The second-order valence-electron chi connectivity index (χ2n) is 5.50. The minimum absolute atomic E-state index is 0.0510. The fraction of sp³-hybridized carbons (Fsp3) is 0.800. The van der Waals surface area contributed by atoms with Gasteiger partial charge in [-0.05, 0) is 19.3 Å². The second-order valence-corrected chi connectivity index (χ2v) is 5.50. The Bertz CT molecular complexity index is 419. The van der Waals surface area contributed by atoms with Gasteiger partial charge in [0.05, 0.1) is 6.61 Å². The van der Waals surface area contributed by atoms with Crippen molar-refractivity contribution in [3.8, 4) is 0 Å². The van der Waals surface area contributed by atoms with E-state index in [9.17, 15) is 9.90 Å². The monoisotopic (exact) mass is 297 g/mol. The minimum atomic E-state index is -0.214. The lowest BCUT2D eigenvalue weighted by Crippen LogP contribution is -2.39. The van der Waals surface area contributed by atoms with Gasteiger partial charge in [-0.3, -0.25) is 4.79 Å². The molecule has 0 aliphatic carbocycles. The summed E-state index contributed by atoms with van der Waals surface area (Å²) in [5, 5.41) is 16.2. The van der Waals surface area contributed by atoms with Gasteiger partial charge in [0.1, 0.15) is 0 Å². The van der Waals surface area contributed by atoms with E-state index in [1.165, 1.54) is 0 Å². The highest BCUT2D eigenvalue weighted by molar-refractivity contribution is 5.76. The molecule has 120 valence electrons. The van der Waals surface area contributed by atoms with Crippen molar-refractivity contribution in [2.75, 3.05) is 13.2 Å². The number of amides is 1. The number of hydrogen-bond acceptors (Lipinski definition) is 5. The third-order valence-electron chi connectivity index (χ3n) is 4.05.